The quantitative estimate of drug-likeness (QED) is 0.776. The number of ether oxygens (including phenoxy) is 1. The van der Waals surface area contributed by atoms with Crippen molar-refractivity contribution in [3.05, 3.63) is 35.9 Å². The van der Waals surface area contributed by atoms with Crippen molar-refractivity contribution >= 4 is 30.1 Å². The number of rotatable bonds is 5. The zero-order valence-corrected chi connectivity index (χ0v) is 14.1. The van der Waals surface area contributed by atoms with Gasteiger partial charge in [0, 0.05) is 17.9 Å². The van der Waals surface area contributed by atoms with Crippen LogP contribution in [0.4, 0.5) is 13.2 Å². The van der Waals surface area contributed by atoms with Crippen LogP contribution in [-0.4, -0.2) is 53.5 Å². The minimum Gasteiger partial charge on any atom is -0.496 e. The highest BCUT2D eigenvalue weighted by Gasteiger charge is 2.48. The summed E-state index contributed by atoms with van der Waals surface area (Å²) in [7, 11) is 1.42. The predicted octanol–water partition coefficient (Wildman–Crippen LogP) is 2.48. The highest BCUT2D eigenvalue weighted by molar-refractivity contribution is 7.80. The molecule has 136 valence electrons. The van der Waals surface area contributed by atoms with Gasteiger partial charge in [0.1, 0.15) is 17.7 Å². The summed E-state index contributed by atoms with van der Waals surface area (Å²) in [5, 5.41) is 9.31. The first-order valence-electron chi connectivity index (χ1n) is 7.25. The first-order chi connectivity index (χ1) is 11.7. The van der Waals surface area contributed by atoms with Crippen LogP contribution in [0.15, 0.2) is 30.3 Å². The Kier molecular flexibility index (Phi) is 5.66. The number of halogens is 3. The Morgan fingerprint density at radius 1 is 1.40 bits per heavy atom. The number of carbonyl (C=O) groups excluding carboxylic acids is 1. The lowest BCUT2D eigenvalue weighted by atomic mass is 10.1. The Labute approximate surface area is 147 Å². The van der Waals surface area contributed by atoms with Gasteiger partial charge in [-0.15, -0.1) is 0 Å². The summed E-state index contributed by atoms with van der Waals surface area (Å²) in [6, 6.07) is 5.21. The number of amides is 1. The van der Waals surface area contributed by atoms with Gasteiger partial charge in [0.2, 0.25) is 5.91 Å². The molecule has 2 rings (SSSR count). The number of hydrogen-bond donors (Lipinski definition) is 2. The molecule has 0 spiro atoms. The van der Waals surface area contributed by atoms with Gasteiger partial charge in [-0.1, -0.05) is 18.2 Å². The number of carboxylic acid groups (broad SMARTS) is 1. The number of carbonyl (C=O) groups is 2. The maximum Gasteiger partial charge on any atom is 0.401 e. The van der Waals surface area contributed by atoms with Gasteiger partial charge in [-0.25, -0.2) is 4.79 Å². The van der Waals surface area contributed by atoms with Crippen LogP contribution in [0.1, 0.15) is 5.56 Å². The second-order valence-corrected chi connectivity index (χ2v) is 5.78. The average molecular weight is 375 g/mol. The van der Waals surface area contributed by atoms with Crippen LogP contribution in [0.5, 0.6) is 5.75 Å². The second kappa shape index (κ2) is 7.38. The zero-order chi connectivity index (χ0) is 18.8. The summed E-state index contributed by atoms with van der Waals surface area (Å²) in [6.45, 7) is -0.253. The highest BCUT2D eigenvalue weighted by Crippen LogP contribution is 2.35. The normalized spacial score (nSPS) is 18.7. The molecule has 5 nitrogen and oxygen atoms in total. The average Bonchev–Trinajstić information content (AvgIpc) is 2.99. The van der Waals surface area contributed by atoms with E-state index in [0.29, 0.717) is 21.8 Å². The van der Waals surface area contributed by atoms with E-state index in [0.717, 1.165) is 0 Å². The lowest BCUT2D eigenvalue weighted by molar-refractivity contribution is -0.185. The smallest absolute Gasteiger partial charge is 0.401 e. The Morgan fingerprint density at radius 3 is 2.56 bits per heavy atom. The van der Waals surface area contributed by atoms with Crippen molar-refractivity contribution < 1.29 is 32.6 Å². The van der Waals surface area contributed by atoms with E-state index >= 15 is 0 Å². The lowest BCUT2D eigenvalue weighted by Crippen LogP contribution is -2.48. The van der Waals surface area contributed by atoms with Crippen LogP contribution in [0.3, 0.4) is 0 Å². The van der Waals surface area contributed by atoms with Crippen LogP contribution < -0.4 is 4.74 Å². The van der Waals surface area contributed by atoms with E-state index in [4.69, 9.17) is 4.74 Å². The number of hydrogen-bond acceptors (Lipinski definition) is 4. The molecule has 1 aliphatic heterocycles. The Bertz CT molecular complexity index is 705. The van der Waals surface area contributed by atoms with Crippen LogP contribution in [0.2, 0.25) is 0 Å². The number of aliphatic carboxylic acids is 1. The summed E-state index contributed by atoms with van der Waals surface area (Å²) in [6.07, 6.45) is -3.53. The number of para-hydroxylation sites is 1. The summed E-state index contributed by atoms with van der Waals surface area (Å²) < 4.78 is 44.2. The number of nitrogens with zero attached hydrogens (tertiary/aromatic N) is 1. The Hall–Kier alpha value is -2.16. The third-order valence-corrected chi connectivity index (χ3v) is 4.27. The van der Waals surface area contributed by atoms with E-state index in [1.807, 2.05) is 0 Å². The van der Waals surface area contributed by atoms with Gasteiger partial charge in [0.15, 0.2) is 0 Å². The molecule has 0 aromatic heterocycles. The maximum atomic E-state index is 13.0. The van der Waals surface area contributed by atoms with Crippen LogP contribution >= 0.6 is 12.6 Å². The van der Waals surface area contributed by atoms with Crippen LogP contribution in [0, 0.1) is 5.92 Å². The molecule has 1 aromatic rings. The number of benzene rings is 1. The minimum absolute atomic E-state index is 0.253. The molecule has 25 heavy (non-hydrogen) atoms. The monoisotopic (exact) mass is 375 g/mol. The van der Waals surface area contributed by atoms with Gasteiger partial charge in [-0.3, -0.25) is 4.79 Å². The van der Waals surface area contributed by atoms with Gasteiger partial charge in [0.25, 0.3) is 0 Å². The molecule has 0 aliphatic carbocycles. The lowest BCUT2D eigenvalue weighted by Gasteiger charge is -2.27. The zero-order valence-electron chi connectivity index (χ0n) is 13.2. The van der Waals surface area contributed by atoms with Gasteiger partial charge < -0.3 is 14.7 Å². The van der Waals surface area contributed by atoms with Crippen molar-refractivity contribution in [1.29, 1.82) is 0 Å². The molecule has 0 saturated carbocycles. The predicted molar refractivity (Wildman–Crippen MR) is 87.5 cm³/mol. The van der Waals surface area contributed by atoms with Crippen LogP contribution in [-0.2, 0) is 9.59 Å². The minimum atomic E-state index is -4.80. The summed E-state index contributed by atoms with van der Waals surface area (Å²) in [5.74, 6) is -5.39. The van der Waals surface area contributed by atoms with Gasteiger partial charge in [-0.2, -0.15) is 25.8 Å². The highest BCUT2D eigenvalue weighted by atomic mass is 32.1. The molecule has 0 radical (unpaired) electrons. The molecule has 0 bridgehead atoms. The third-order valence-electron chi connectivity index (χ3n) is 3.90. The van der Waals surface area contributed by atoms with E-state index in [9.17, 15) is 27.9 Å². The van der Waals surface area contributed by atoms with Gasteiger partial charge in [0.05, 0.1) is 7.11 Å². The molecule has 9 heteroatoms. The number of thiol groups is 1. The van der Waals surface area contributed by atoms with Crippen molar-refractivity contribution in [2.75, 3.05) is 19.4 Å². The molecule has 1 aromatic carbocycles. The van der Waals surface area contributed by atoms with Crippen molar-refractivity contribution in [3.63, 3.8) is 0 Å². The van der Waals surface area contributed by atoms with Crippen molar-refractivity contribution in [2.24, 2.45) is 5.92 Å². The van der Waals surface area contributed by atoms with Gasteiger partial charge in [-0.05, 0) is 17.7 Å². The molecule has 2 atom stereocenters. The standard InChI is InChI=1S/C16H16F3NO4S/c1-24-13-5-3-2-4-10(13)9-6-12(15(22)23)20(7-9)14(21)11(8-25)16(17,18)19/h2-6,11-12,25H,7-8H2,1H3,(H,22,23)/t11-,12?/m0/s1. The fourth-order valence-corrected chi connectivity index (χ4v) is 3.00. The van der Waals surface area contributed by atoms with E-state index in [2.05, 4.69) is 12.6 Å². The van der Waals surface area contributed by atoms with E-state index < -0.39 is 35.8 Å². The maximum absolute atomic E-state index is 13.0. The van der Waals surface area contributed by atoms with E-state index in [1.54, 1.807) is 24.3 Å². The van der Waals surface area contributed by atoms with Crippen molar-refractivity contribution in [2.45, 2.75) is 12.2 Å². The topological polar surface area (TPSA) is 66.8 Å². The third kappa shape index (κ3) is 3.92. The molecule has 0 fully saturated rings. The Morgan fingerprint density at radius 2 is 2.04 bits per heavy atom. The molecular weight excluding hydrogens is 359 g/mol. The fraction of sp³-hybridized carbons (Fsp3) is 0.375. The molecule has 0 saturated heterocycles. The molecular formula is C16H16F3NO4S. The first kappa shape index (κ1) is 19.2. The second-order valence-electron chi connectivity index (χ2n) is 5.42. The molecule has 1 amide bonds. The molecule has 1 N–H and O–H groups in total. The number of alkyl halides is 3. The first-order valence-corrected chi connectivity index (χ1v) is 7.89. The van der Waals surface area contributed by atoms with Crippen LogP contribution in [0.25, 0.3) is 5.57 Å². The molecule has 1 heterocycles. The summed E-state index contributed by atoms with van der Waals surface area (Å²) in [4.78, 5) is 24.4. The Balaban J connectivity index is 2.37. The van der Waals surface area contributed by atoms with E-state index in [-0.39, 0.29) is 6.54 Å². The van der Waals surface area contributed by atoms with Gasteiger partial charge >= 0.3 is 12.1 Å². The number of carboxylic acids is 1. The SMILES string of the molecule is COc1ccccc1C1=CC(C(=O)O)N(C(=O)[C@H](CS)C(F)(F)F)C1. The largest absolute Gasteiger partial charge is 0.496 e. The fourth-order valence-electron chi connectivity index (χ4n) is 2.64. The summed E-state index contributed by atoms with van der Waals surface area (Å²) in [5.41, 5.74) is 0.944. The summed E-state index contributed by atoms with van der Waals surface area (Å²) >= 11 is 3.59. The van der Waals surface area contributed by atoms with E-state index in [1.165, 1.54) is 13.2 Å². The van der Waals surface area contributed by atoms with Crippen molar-refractivity contribution in [1.82, 2.24) is 4.90 Å². The number of methoxy groups -OCH3 is 1. The molecule has 1 aliphatic rings. The van der Waals surface area contributed by atoms with Crippen molar-refractivity contribution in [3.8, 4) is 5.75 Å². The molecule has 1 unspecified atom stereocenters.